The van der Waals surface area contributed by atoms with E-state index in [9.17, 15) is 4.79 Å². The lowest BCUT2D eigenvalue weighted by atomic mass is 10.0. The average Bonchev–Trinajstić information content (AvgIpc) is 2.54. The number of anilines is 1. The van der Waals surface area contributed by atoms with Crippen LogP contribution < -0.4 is 4.90 Å². The number of para-hydroxylation sites is 1. The summed E-state index contributed by atoms with van der Waals surface area (Å²) in [6.07, 6.45) is 2.01. The first-order valence-corrected chi connectivity index (χ1v) is 7.49. The Hall–Kier alpha value is -2.10. The highest BCUT2D eigenvalue weighted by molar-refractivity contribution is 5.80. The van der Waals surface area contributed by atoms with Crippen LogP contribution in [0.25, 0.3) is 10.9 Å². The normalized spacial score (nSPS) is 16.2. The molecule has 0 aliphatic carbocycles. The molecule has 2 heterocycles. The van der Waals surface area contributed by atoms with E-state index in [0.717, 1.165) is 37.3 Å². The summed E-state index contributed by atoms with van der Waals surface area (Å²) in [6, 6.07) is 12.8. The summed E-state index contributed by atoms with van der Waals surface area (Å²) in [5.41, 5.74) is 1.04. The number of hydrogen-bond donors (Lipinski definition) is 0. The third-order valence-electron chi connectivity index (χ3n) is 4.42. The maximum Gasteiger partial charge on any atom is 0.219 e. The van der Waals surface area contributed by atoms with Crippen LogP contribution in [-0.4, -0.2) is 42.0 Å². The predicted molar refractivity (Wildman–Crippen MR) is 85.4 cm³/mol. The van der Waals surface area contributed by atoms with Gasteiger partial charge < -0.3 is 9.80 Å². The molecule has 0 atom stereocenters. The fraction of sp³-hybridized carbons (Fsp3) is 0.412. The van der Waals surface area contributed by atoms with Crippen LogP contribution in [-0.2, 0) is 4.79 Å². The molecule has 0 N–H and O–H groups in total. The zero-order chi connectivity index (χ0) is 14.8. The first-order chi connectivity index (χ1) is 10.1. The number of rotatable bonds is 2. The number of aromatic nitrogens is 1. The van der Waals surface area contributed by atoms with Crippen LogP contribution in [0.1, 0.15) is 19.8 Å². The molecule has 0 bridgehead atoms. The molecule has 4 heteroatoms. The Morgan fingerprint density at radius 1 is 1.19 bits per heavy atom. The molecule has 0 radical (unpaired) electrons. The molecule has 1 aliphatic rings. The first-order valence-electron chi connectivity index (χ1n) is 7.49. The maximum atomic E-state index is 11.4. The fourth-order valence-corrected chi connectivity index (χ4v) is 2.97. The van der Waals surface area contributed by atoms with E-state index in [1.807, 2.05) is 24.1 Å². The second-order valence-electron chi connectivity index (χ2n) is 5.71. The van der Waals surface area contributed by atoms with Crippen molar-refractivity contribution in [1.82, 2.24) is 9.88 Å². The van der Waals surface area contributed by atoms with Gasteiger partial charge in [-0.15, -0.1) is 0 Å². The number of pyridine rings is 1. The van der Waals surface area contributed by atoms with Crippen LogP contribution in [0.2, 0.25) is 0 Å². The Morgan fingerprint density at radius 3 is 2.62 bits per heavy atom. The molecule has 0 saturated carbocycles. The fourth-order valence-electron chi connectivity index (χ4n) is 2.97. The summed E-state index contributed by atoms with van der Waals surface area (Å²) >= 11 is 0. The van der Waals surface area contributed by atoms with Gasteiger partial charge in [0.25, 0.3) is 0 Å². The molecule has 1 aromatic heterocycles. The van der Waals surface area contributed by atoms with Gasteiger partial charge in [0.05, 0.1) is 5.52 Å². The summed E-state index contributed by atoms with van der Waals surface area (Å²) in [5.74, 6) is 1.19. The summed E-state index contributed by atoms with van der Waals surface area (Å²) in [6.45, 7) is 3.54. The molecule has 2 aromatic rings. The number of fused-ring (bicyclic) bond motifs is 1. The lowest BCUT2D eigenvalue weighted by Crippen LogP contribution is -2.45. The van der Waals surface area contributed by atoms with Crippen LogP contribution in [0.5, 0.6) is 0 Å². The van der Waals surface area contributed by atoms with Gasteiger partial charge in [-0.05, 0) is 31.0 Å². The van der Waals surface area contributed by atoms with Crippen molar-refractivity contribution < 1.29 is 4.79 Å². The average molecular weight is 283 g/mol. The predicted octanol–water partition coefficient (Wildman–Crippen LogP) is 2.68. The standard InChI is InChI=1S/C17H21N3O/c1-13(21)19(2)15-9-11-20(12-10-15)17-8-7-14-5-3-4-6-16(14)18-17/h3-8,15H,9-12H2,1-2H3. The SMILES string of the molecule is CC(=O)N(C)C1CCN(c2ccc3ccccc3n2)CC1. The second kappa shape index (κ2) is 5.72. The minimum absolute atomic E-state index is 0.150. The molecule has 4 nitrogen and oxygen atoms in total. The van der Waals surface area contributed by atoms with Crippen LogP contribution in [0.3, 0.4) is 0 Å². The largest absolute Gasteiger partial charge is 0.356 e. The van der Waals surface area contributed by atoms with Crippen LogP contribution in [0, 0.1) is 0 Å². The van der Waals surface area contributed by atoms with Gasteiger partial charge in [-0.25, -0.2) is 4.98 Å². The van der Waals surface area contributed by atoms with E-state index in [4.69, 9.17) is 4.98 Å². The van der Waals surface area contributed by atoms with Gasteiger partial charge >= 0.3 is 0 Å². The van der Waals surface area contributed by atoms with Crippen molar-refractivity contribution >= 4 is 22.6 Å². The van der Waals surface area contributed by atoms with Crippen LogP contribution >= 0.6 is 0 Å². The van der Waals surface area contributed by atoms with Gasteiger partial charge in [0.2, 0.25) is 5.91 Å². The molecule has 0 spiro atoms. The van der Waals surface area contributed by atoms with Gasteiger partial charge in [-0.1, -0.05) is 18.2 Å². The molecular weight excluding hydrogens is 262 g/mol. The van der Waals surface area contributed by atoms with E-state index in [1.165, 1.54) is 5.39 Å². The van der Waals surface area contributed by atoms with Crippen molar-refractivity contribution in [2.24, 2.45) is 0 Å². The lowest BCUT2D eigenvalue weighted by molar-refractivity contribution is -0.129. The summed E-state index contributed by atoms with van der Waals surface area (Å²) in [4.78, 5) is 20.4. The van der Waals surface area contributed by atoms with Crippen molar-refractivity contribution in [2.75, 3.05) is 25.0 Å². The first kappa shape index (κ1) is 13.9. The minimum Gasteiger partial charge on any atom is -0.356 e. The number of carbonyl (C=O) groups excluding carboxylic acids is 1. The maximum absolute atomic E-state index is 11.4. The van der Waals surface area contributed by atoms with Crippen molar-refractivity contribution in [2.45, 2.75) is 25.8 Å². The molecule has 1 amide bonds. The zero-order valence-electron chi connectivity index (χ0n) is 12.6. The topological polar surface area (TPSA) is 36.4 Å². The van der Waals surface area contributed by atoms with Crippen molar-refractivity contribution in [3.05, 3.63) is 36.4 Å². The van der Waals surface area contributed by atoms with Crippen molar-refractivity contribution in [1.29, 1.82) is 0 Å². The number of amides is 1. The Balaban J connectivity index is 1.72. The molecule has 3 rings (SSSR count). The highest BCUT2D eigenvalue weighted by Crippen LogP contribution is 2.23. The van der Waals surface area contributed by atoms with Crippen LogP contribution in [0.4, 0.5) is 5.82 Å². The molecule has 1 aliphatic heterocycles. The van der Waals surface area contributed by atoms with Gasteiger partial charge in [-0.3, -0.25) is 4.79 Å². The third-order valence-corrected chi connectivity index (χ3v) is 4.42. The van der Waals surface area contributed by atoms with E-state index in [-0.39, 0.29) is 5.91 Å². The summed E-state index contributed by atoms with van der Waals surface area (Å²) in [5, 5.41) is 1.17. The van der Waals surface area contributed by atoms with Crippen molar-refractivity contribution in [3.8, 4) is 0 Å². The summed E-state index contributed by atoms with van der Waals surface area (Å²) < 4.78 is 0. The van der Waals surface area contributed by atoms with E-state index in [1.54, 1.807) is 6.92 Å². The zero-order valence-corrected chi connectivity index (χ0v) is 12.6. The molecule has 1 aromatic carbocycles. The van der Waals surface area contributed by atoms with E-state index >= 15 is 0 Å². The molecule has 0 unspecified atom stereocenters. The van der Waals surface area contributed by atoms with Gasteiger partial charge in [0.1, 0.15) is 5.82 Å². The third kappa shape index (κ3) is 2.84. The number of carbonyl (C=O) groups is 1. The van der Waals surface area contributed by atoms with Gasteiger partial charge in [0, 0.05) is 38.5 Å². The molecular formula is C17H21N3O. The molecule has 1 fully saturated rings. The smallest absolute Gasteiger partial charge is 0.219 e. The Labute approximate surface area is 125 Å². The van der Waals surface area contributed by atoms with E-state index in [2.05, 4.69) is 29.2 Å². The van der Waals surface area contributed by atoms with Gasteiger partial charge in [0.15, 0.2) is 0 Å². The Kier molecular flexibility index (Phi) is 3.78. The monoisotopic (exact) mass is 283 g/mol. The molecule has 110 valence electrons. The lowest BCUT2D eigenvalue weighted by Gasteiger charge is -2.37. The molecule has 21 heavy (non-hydrogen) atoms. The Bertz CT molecular complexity index is 647. The van der Waals surface area contributed by atoms with Gasteiger partial charge in [-0.2, -0.15) is 0 Å². The van der Waals surface area contributed by atoms with E-state index in [0.29, 0.717) is 6.04 Å². The van der Waals surface area contributed by atoms with E-state index < -0.39 is 0 Å². The quantitative estimate of drug-likeness (QED) is 0.850. The highest BCUT2D eigenvalue weighted by Gasteiger charge is 2.24. The number of benzene rings is 1. The molecule has 1 saturated heterocycles. The highest BCUT2D eigenvalue weighted by atomic mass is 16.2. The van der Waals surface area contributed by atoms with Crippen molar-refractivity contribution in [3.63, 3.8) is 0 Å². The Morgan fingerprint density at radius 2 is 1.90 bits per heavy atom. The number of hydrogen-bond acceptors (Lipinski definition) is 3. The number of nitrogens with zero attached hydrogens (tertiary/aromatic N) is 3. The minimum atomic E-state index is 0.150. The number of piperidine rings is 1. The van der Waals surface area contributed by atoms with Crippen LogP contribution in [0.15, 0.2) is 36.4 Å². The second-order valence-corrected chi connectivity index (χ2v) is 5.71. The summed E-state index contributed by atoms with van der Waals surface area (Å²) in [7, 11) is 1.90.